The van der Waals surface area contributed by atoms with Crippen molar-refractivity contribution < 1.29 is 30.3 Å². The van der Waals surface area contributed by atoms with E-state index in [1.807, 2.05) is 13.0 Å². The highest BCUT2D eigenvalue weighted by Gasteiger charge is 2.68. The average molecular weight is 465 g/mol. The predicted octanol–water partition coefficient (Wildman–Crippen LogP) is 3.37. The maximum atomic E-state index is 11.6. The monoisotopic (exact) mass is 464 g/mol. The third kappa shape index (κ3) is 3.89. The molecular weight excluding hydrogens is 420 g/mol. The lowest BCUT2D eigenvalue weighted by Gasteiger charge is -2.65. The summed E-state index contributed by atoms with van der Waals surface area (Å²) in [4.78, 5) is 11.0. The molecule has 4 saturated carbocycles. The van der Waals surface area contributed by atoms with Gasteiger partial charge in [-0.05, 0) is 79.4 Å². The molecule has 0 saturated heterocycles. The van der Waals surface area contributed by atoms with Crippen LogP contribution in [0.25, 0.3) is 0 Å². The summed E-state index contributed by atoms with van der Waals surface area (Å²) in [6, 6.07) is 0. The summed E-state index contributed by atoms with van der Waals surface area (Å²) in [7, 11) is 0. The molecular formula is C27H44O6. The molecule has 4 fully saturated rings. The highest BCUT2D eigenvalue weighted by Crippen LogP contribution is 2.69. The number of fused-ring (bicyclic) bond motifs is 5. The van der Waals surface area contributed by atoms with Crippen LogP contribution in [0.4, 0.5) is 0 Å². The molecule has 33 heavy (non-hydrogen) atoms. The van der Waals surface area contributed by atoms with Gasteiger partial charge in [0.2, 0.25) is 0 Å². The Labute approximate surface area is 198 Å². The van der Waals surface area contributed by atoms with E-state index in [-0.39, 0.29) is 47.8 Å². The van der Waals surface area contributed by atoms with Crippen LogP contribution in [0.3, 0.4) is 0 Å². The number of allylic oxidation sites excluding steroid dienone is 2. The second kappa shape index (κ2) is 8.61. The number of hydrogen-bond donors (Lipinski definition) is 5. The largest absolute Gasteiger partial charge is 0.481 e. The molecule has 0 aromatic rings. The minimum absolute atomic E-state index is 0.0246. The van der Waals surface area contributed by atoms with Gasteiger partial charge in [-0.25, -0.2) is 0 Å². The highest BCUT2D eigenvalue weighted by atomic mass is 16.4. The first kappa shape index (κ1) is 25.2. The van der Waals surface area contributed by atoms with Crippen LogP contribution in [0.2, 0.25) is 0 Å². The van der Waals surface area contributed by atoms with Gasteiger partial charge in [-0.1, -0.05) is 39.8 Å². The Bertz CT molecular complexity index is 783. The van der Waals surface area contributed by atoms with Crippen molar-refractivity contribution in [1.82, 2.24) is 0 Å². The zero-order valence-electron chi connectivity index (χ0n) is 20.7. The Hall–Kier alpha value is -0.950. The standard InChI is InChI=1S/C27H44O6/c1-15(11-23(31)32)5-6-16(2)20-13-21(29)24-18-12-22(30)27(33)14-17(28)7-10-26(27,4)19(18)8-9-25(20,24)3/h5-6,15-22,24,28-30,33H,7-14H2,1-4H3,(H,31,32)/b6-5+/t15-,16-,17+,18-,19+,20-,21+,22-,24-,25-,26-,27+/m1/s1. The average Bonchev–Trinajstić information content (AvgIpc) is 2.99. The topological polar surface area (TPSA) is 118 Å². The number of carboxylic acids is 1. The van der Waals surface area contributed by atoms with Crippen molar-refractivity contribution in [1.29, 1.82) is 0 Å². The molecule has 4 rings (SSSR count). The van der Waals surface area contributed by atoms with Crippen LogP contribution >= 0.6 is 0 Å². The molecule has 0 heterocycles. The summed E-state index contributed by atoms with van der Waals surface area (Å²) in [5.41, 5.74) is -1.77. The Balaban J connectivity index is 1.58. The van der Waals surface area contributed by atoms with Gasteiger partial charge in [0.05, 0.1) is 30.3 Å². The van der Waals surface area contributed by atoms with E-state index in [0.29, 0.717) is 25.2 Å². The van der Waals surface area contributed by atoms with Crippen molar-refractivity contribution in [3.63, 3.8) is 0 Å². The van der Waals surface area contributed by atoms with E-state index in [4.69, 9.17) is 5.11 Å². The molecule has 6 nitrogen and oxygen atoms in total. The lowest BCUT2D eigenvalue weighted by Crippen LogP contribution is -2.69. The van der Waals surface area contributed by atoms with Crippen LogP contribution in [-0.4, -0.2) is 55.4 Å². The molecule has 0 amide bonds. The normalized spacial score (nSPS) is 51.5. The van der Waals surface area contributed by atoms with E-state index in [9.17, 15) is 25.2 Å². The van der Waals surface area contributed by atoms with E-state index in [1.54, 1.807) is 0 Å². The van der Waals surface area contributed by atoms with E-state index in [2.05, 4.69) is 26.8 Å². The minimum atomic E-state index is -1.27. The van der Waals surface area contributed by atoms with Gasteiger partial charge in [-0.2, -0.15) is 0 Å². The number of carbonyl (C=O) groups is 1. The second-order valence-corrected chi connectivity index (χ2v) is 12.6. The van der Waals surface area contributed by atoms with Crippen molar-refractivity contribution in [2.24, 2.45) is 46.3 Å². The molecule has 4 aliphatic carbocycles. The van der Waals surface area contributed by atoms with E-state index < -0.39 is 35.3 Å². The molecule has 12 atom stereocenters. The number of aliphatic hydroxyl groups excluding tert-OH is 3. The van der Waals surface area contributed by atoms with Crippen molar-refractivity contribution in [3.8, 4) is 0 Å². The quantitative estimate of drug-likeness (QED) is 0.398. The SMILES string of the molecule is C[C@H](/C=C/[C@@H](C)[C@H]1C[C@H](O)[C@H]2[C@@H]3C[C@@H](O)[C@@]4(O)C[C@@H](O)CC[C@]4(C)[C@H]3CC[C@@]21C)CC(=O)O. The molecule has 0 radical (unpaired) electrons. The van der Waals surface area contributed by atoms with E-state index in [0.717, 1.165) is 19.3 Å². The molecule has 0 bridgehead atoms. The first-order valence-corrected chi connectivity index (χ1v) is 13.0. The third-order valence-corrected chi connectivity index (χ3v) is 10.8. The maximum absolute atomic E-state index is 11.6. The van der Waals surface area contributed by atoms with Gasteiger partial charge in [0.25, 0.3) is 0 Å². The van der Waals surface area contributed by atoms with Gasteiger partial charge in [0.1, 0.15) is 0 Å². The summed E-state index contributed by atoms with van der Waals surface area (Å²) >= 11 is 0. The van der Waals surface area contributed by atoms with Crippen LogP contribution in [0.5, 0.6) is 0 Å². The molecule has 4 aliphatic rings. The molecule has 0 unspecified atom stereocenters. The van der Waals surface area contributed by atoms with Crippen LogP contribution in [0.1, 0.15) is 79.1 Å². The number of carboxylic acid groups (broad SMARTS) is 1. The van der Waals surface area contributed by atoms with Crippen molar-refractivity contribution in [2.45, 2.75) is 103 Å². The Kier molecular flexibility index (Phi) is 6.57. The predicted molar refractivity (Wildman–Crippen MR) is 125 cm³/mol. The first-order valence-electron chi connectivity index (χ1n) is 13.0. The zero-order chi connectivity index (χ0) is 24.3. The second-order valence-electron chi connectivity index (χ2n) is 12.6. The summed E-state index contributed by atoms with van der Waals surface area (Å²) < 4.78 is 0. The summed E-state index contributed by atoms with van der Waals surface area (Å²) in [6.45, 7) is 8.51. The fourth-order valence-corrected chi connectivity index (χ4v) is 9.03. The minimum Gasteiger partial charge on any atom is -0.481 e. The summed E-state index contributed by atoms with van der Waals surface area (Å²) in [5.74, 6) is 0.174. The van der Waals surface area contributed by atoms with Crippen LogP contribution in [-0.2, 0) is 4.79 Å². The fraction of sp³-hybridized carbons (Fsp3) is 0.889. The number of rotatable bonds is 5. The van der Waals surface area contributed by atoms with Crippen LogP contribution < -0.4 is 0 Å². The number of aliphatic hydroxyl groups is 4. The van der Waals surface area contributed by atoms with Crippen molar-refractivity contribution in [2.75, 3.05) is 0 Å². The van der Waals surface area contributed by atoms with Gasteiger partial charge in [-0.3, -0.25) is 4.79 Å². The van der Waals surface area contributed by atoms with Gasteiger partial charge in [0, 0.05) is 11.8 Å². The van der Waals surface area contributed by atoms with E-state index in [1.165, 1.54) is 0 Å². The molecule has 5 N–H and O–H groups in total. The van der Waals surface area contributed by atoms with Gasteiger partial charge in [-0.15, -0.1) is 0 Å². The van der Waals surface area contributed by atoms with Gasteiger partial charge >= 0.3 is 5.97 Å². The molecule has 0 aromatic carbocycles. The fourth-order valence-electron chi connectivity index (χ4n) is 9.03. The third-order valence-electron chi connectivity index (χ3n) is 10.8. The smallest absolute Gasteiger partial charge is 0.303 e. The molecule has 0 aliphatic heterocycles. The Morgan fingerprint density at radius 1 is 1.06 bits per heavy atom. The van der Waals surface area contributed by atoms with Gasteiger partial charge < -0.3 is 25.5 Å². The van der Waals surface area contributed by atoms with Crippen molar-refractivity contribution >= 4 is 5.97 Å². The maximum Gasteiger partial charge on any atom is 0.303 e. The first-order chi connectivity index (χ1) is 15.3. The molecule has 6 heteroatoms. The summed E-state index contributed by atoms with van der Waals surface area (Å²) in [5, 5.41) is 53.4. The van der Waals surface area contributed by atoms with Gasteiger partial charge in [0.15, 0.2) is 0 Å². The van der Waals surface area contributed by atoms with Crippen LogP contribution in [0.15, 0.2) is 12.2 Å². The van der Waals surface area contributed by atoms with E-state index >= 15 is 0 Å². The highest BCUT2D eigenvalue weighted by molar-refractivity contribution is 5.67. The molecule has 0 aromatic heterocycles. The zero-order valence-corrected chi connectivity index (χ0v) is 20.7. The molecule has 0 spiro atoms. The summed E-state index contributed by atoms with van der Waals surface area (Å²) in [6.07, 6.45) is 7.11. The van der Waals surface area contributed by atoms with Crippen LogP contribution in [0, 0.1) is 46.3 Å². The lowest BCUT2D eigenvalue weighted by atomic mass is 9.42. The van der Waals surface area contributed by atoms with Crippen molar-refractivity contribution in [3.05, 3.63) is 12.2 Å². The Morgan fingerprint density at radius 3 is 2.42 bits per heavy atom. The lowest BCUT2D eigenvalue weighted by molar-refractivity contribution is -0.268. The molecule has 188 valence electrons. The Morgan fingerprint density at radius 2 is 1.76 bits per heavy atom. The number of aliphatic carboxylic acids is 1. The number of hydrogen-bond acceptors (Lipinski definition) is 5.